The number of ketones is 1. The maximum atomic E-state index is 12.0. The van der Waals surface area contributed by atoms with Crippen molar-refractivity contribution in [3.05, 3.63) is 30.1 Å². The van der Waals surface area contributed by atoms with E-state index in [1.54, 1.807) is 29.3 Å². The number of Topliss-reactive ketones (excluding diaryl/α,β-unsaturated/α-hetero) is 1. The first kappa shape index (κ1) is 17.4. The second-order valence-electron chi connectivity index (χ2n) is 6.73. The zero-order valence-electron chi connectivity index (χ0n) is 13.9. The lowest BCUT2D eigenvalue weighted by Crippen LogP contribution is -2.35. The van der Waals surface area contributed by atoms with Gasteiger partial charge >= 0.3 is 6.09 Å². The largest absolute Gasteiger partial charge is 0.444 e. The highest BCUT2D eigenvalue weighted by atomic mass is 16.6. The molecule has 23 heavy (non-hydrogen) atoms. The third kappa shape index (κ3) is 5.63. The van der Waals surface area contributed by atoms with Crippen molar-refractivity contribution in [3.8, 4) is 0 Å². The van der Waals surface area contributed by atoms with Crippen molar-refractivity contribution in [2.75, 3.05) is 26.3 Å². The predicted molar refractivity (Wildman–Crippen MR) is 85.3 cm³/mol. The van der Waals surface area contributed by atoms with E-state index >= 15 is 0 Å². The third-order valence-corrected chi connectivity index (χ3v) is 3.47. The monoisotopic (exact) mass is 320 g/mol. The highest BCUT2D eigenvalue weighted by molar-refractivity contribution is 5.95. The molecule has 6 heteroatoms. The Morgan fingerprint density at radius 1 is 1.35 bits per heavy atom. The van der Waals surface area contributed by atoms with Gasteiger partial charge in [-0.2, -0.15) is 0 Å². The minimum absolute atomic E-state index is 0.0138. The van der Waals surface area contributed by atoms with E-state index in [0.29, 0.717) is 25.4 Å². The van der Waals surface area contributed by atoms with Crippen molar-refractivity contribution in [2.45, 2.75) is 32.8 Å². The standard InChI is InChI=1S/C17H24N2O4/c1-17(2,3)23-16(21)19-9-7-13(10-19)11-22-12-15(20)14-6-4-5-8-18-14/h4-6,8,13H,7,9-12H2,1-3H3. The lowest BCUT2D eigenvalue weighted by Gasteiger charge is -2.24. The second kappa shape index (κ2) is 7.55. The molecular weight excluding hydrogens is 296 g/mol. The van der Waals surface area contributed by atoms with Crippen LogP contribution in [0.2, 0.25) is 0 Å². The zero-order valence-corrected chi connectivity index (χ0v) is 13.9. The fourth-order valence-electron chi connectivity index (χ4n) is 2.38. The molecule has 0 saturated carbocycles. The number of rotatable bonds is 5. The van der Waals surface area contributed by atoms with Crippen LogP contribution in [0.4, 0.5) is 4.79 Å². The van der Waals surface area contributed by atoms with Gasteiger partial charge in [0.1, 0.15) is 17.9 Å². The van der Waals surface area contributed by atoms with Crippen LogP contribution < -0.4 is 0 Å². The van der Waals surface area contributed by atoms with E-state index in [1.165, 1.54) is 0 Å². The molecule has 0 radical (unpaired) electrons. The van der Waals surface area contributed by atoms with Gasteiger partial charge in [-0.1, -0.05) is 6.07 Å². The van der Waals surface area contributed by atoms with Crippen LogP contribution in [0.15, 0.2) is 24.4 Å². The minimum Gasteiger partial charge on any atom is -0.444 e. The summed E-state index contributed by atoms with van der Waals surface area (Å²) in [6.45, 7) is 7.29. The Balaban J connectivity index is 1.70. The summed E-state index contributed by atoms with van der Waals surface area (Å²) in [6.07, 6.45) is 2.16. The molecule has 0 N–H and O–H groups in total. The molecule has 1 aliphatic rings. The van der Waals surface area contributed by atoms with E-state index in [9.17, 15) is 9.59 Å². The van der Waals surface area contributed by atoms with E-state index in [4.69, 9.17) is 9.47 Å². The van der Waals surface area contributed by atoms with Gasteiger partial charge in [0.05, 0.1) is 6.61 Å². The van der Waals surface area contributed by atoms with Crippen molar-refractivity contribution in [2.24, 2.45) is 5.92 Å². The highest BCUT2D eigenvalue weighted by Crippen LogP contribution is 2.19. The molecule has 1 aromatic rings. The number of nitrogens with zero attached hydrogens (tertiary/aromatic N) is 2. The fourth-order valence-corrected chi connectivity index (χ4v) is 2.38. The van der Waals surface area contributed by atoms with Gasteiger partial charge in [0.15, 0.2) is 0 Å². The molecule has 1 saturated heterocycles. The van der Waals surface area contributed by atoms with Crippen LogP contribution in [-0.2, 0) is 9.47 Å². The summed E-state index contributed by atoms with van der Waals surface area (Å²) < 4.78 is 10.8. The maximum Gasteiger partial charge on any atom is 0.410 e. The second-order valence-corrected chi connectivity index (χ2v) is 6.73. The summed E-state index contributed by atoms with van der Waals surface area (Å²) in [7, 11) is 0. The van der Waals surface area contributed by atoms with Crippen LogP contribution in [0.1, 0.15) is 37.7 Å². The molecule has 126 valence electrons. The van der Waals surface area contributed by atoms with Crippen molar-refractivity contribution in [1.82, 2.24) is 9.88 Å². The number of carbonyl (C=O) groups is 2. The van der Waals surface area contributed by atoms with Crippen molar-refractivity contribution in [1.29, 1.82) is 0 Å². The van der Waals surface area contributed by atoms with E-state index < -0.39 is 5.60 Å². The number of aromatic nitrogens is 1. The first-order valence-corrected chi connectivity index (χ1v) is 7.85. The van der Waals surface area contributed by atoms with Crippen molar-refractivity contribution >= 4 is 11.9 Å². The van der Waals surface area contributed by atoms with Gasteiger partial charge in [0.25, 0.3) is 0 Å². The molecule has 1 aliphatic heterocycles. The normalized spacial score (nSPS) is 18.0. The molecule has 1 unspecified atom stereocenters. The van der Waals surface area contributed by atoms with E-state index in [2.05, 4.69) is 4.98 Å². The molecule has 6 nitrogen and oxygen atoms in total. The van der Waals surface area contributed by atoms with Crippen LogP contribution in [0.5, 0.6) is 0 Å². The minimum atomic E-state index is -0.485. The molecule has 0 aliphatic carbocycles. The molecule has 1 aromatic heterocycles. The number of pyridine rings is 1. The number of likely N-dealkylation sites (tertiary alicyclic amines) is 1. The first-order chi connectivity index (χ1) is 10.8. The Labute approximate surface area is 136 Å². The maximum absolute atomic E-state index is 12.0. The number of hydrogen-bond acceptors (Lipinski definition) is 5. The van der Waals surface area contributed by atoms with E-state index in [0.717, 1.165) is 6.42 Å². The SMILES string of the molecule is CC(C)(C)OC(=O)N1CCC(COCC(=O)c2ccccn2)C1. The number of carbonyl (C=O) groups excluding carboxylic acids is 2. The molecule has 0 bridgehead atoms. The molecule has 1 atom stereocenters. The summed E-state index contributed by atoms with van der Waals surface area (Å²) in [6, 6.07) is 5.21. The van der Waals surface area contributed by atoms with E-state index in [1.807, 2.05) is 20.8 Å². The number of amides is 1. The Kier molecular flexibility index (Phi) is 5.71. The van der Waals surface area contributed by atoms with Gasteiger partial charge < -0.3 is 14.4 Å². The smallest absolute Gasteiger partial charge is 0.410 e. The van der Waals surface area contributed by atoms with Gasteiger partial charge in [-0.25, -0.2) is 4.79 Å². The van der Waals surface area contributed by atoms with Gasteiger partial charge in [-0.05, 0) is 39.3 Å². The summed E-state index contributed by atoms with van der Waals surface area (Å²) >= 11 is 0. The molecule has 0 aromatic carbocycles. The van der Waals surface area contributed by atoms with Crippen molar-refractivity contribution < 1.29 is 19.1 Å². The molecule has 0 spiro atoms. The van der Waals surface area contributed by atoms with Crippen LogP contribution in [0.3, 0.4) is 0 Å². The summed E-state index contributed by atoms with van der Waals surface area (Å²) in [5.74, 6) is 0.103. The van der Waals surface area contributed by atoms with Crippen LogP contribution in [0, 0.1) is 5.92 Å². The molecule has 2 heterocycles. The Bertz CT molecular complexity index is 539. The lowest BCUT2D eigenvalue weighted by atomic mass is 10.1. The molecule has 1 fully saturated rings. The summed E-state index contributed by atoms with van der Waals surface area (Å²) in [5, 5.41) is 0. The summed E-state index contributed by atoms with van der Waals surface area (Å²) in [5.41, 5.74) is -0.0740. The molecular formula is C17H24N2O4. The average Bonchev–Trinajstić information content (AvgIpc) is 2.95. The Hall–Kier alpha value is -1.95. The van der Waals surface area contributed by atoms with Gasteiger partial charge in [0.2, 0.25) is 5.78 Å². The Morgan fingerprint density at radius 2 is 2.13 bits per heavy atom. The van der Waals surface area contributed by atoms with Crippen molar-refractivity contribution in [3.63, 3.8) is 0 Å². The third-order valence-electron chi connectivity index (χ3n) is 3.47. The number of hydrogen-bond donors (Lipinski definition) is 0. The molecule has 1 amide bonds. The predicted octanol–water partition coefficient (Wildman–Crippen LogP) is 2.54. The van der Waals surface area contributed by atoms with Gasteiger partial charge in [-0.3, -0.25) is 9.78 Å². The van der Waals surface area contributed by atoms with Crippen LogP contribution in [-0.4, -0.2) is 53.7 Å². The lowest BCUT2D eigenvalue weighted by molar-refractivity contribution is 0.0273. The van der Waals surface area contributed by atoms with Gasteiger partial charge in [-0.15, -0.1) is 0 Å². The van der Waals surface area contributed by atoms with Crippen LogP contribution in [0.25, 0.3) is 0 Å². The van der Waals surface area contributed by atoms with Crippen LogP contribution >= 0.6 is 0 Å². The van der Waals surface area contributed by atoms with E-state index in [-0.39, 0.29) is 24.4 Å². The van der Waals surface area contributed by atoms with Gasteiger partial charge in [0, 0.05) is 25.2 Å². The molecule has 2 rings (SSSR count). The zero-order chi connectivity index (χ0) is 16.9. The summed E-state index contributed by atoms with van der Waals surface area (Å²) in [4.78, 5) is 29.5. The first-order valence-electron chi connectivity index (χ1n) is 7.85. The quantitative estimate of drug-likeness (QED) is 0.780. The Morgan fingerprint density at radius 3 is 2.78 bits per heavy atom. The highest BCUT2D eigenvalue weighted by Gasteiger charge is 2.29. The number of ether oxygens (including phenoxy) is 2. The average molecular weight is 320 g/mol. The topological polar surface area (TPSA) is 68.7 Å². The fraction of sp³-hybridized carbons (Fsp3) is 0.588.